The summed E-state index contributed by atoms with van der Waals surface area (Å²) < 4.78 is 4.98. The van der Waals surface area contributed by atoms with Crippen molar-refractivity contribution < 1.29 is 19.4 Å². The molecule has 0 bridgehead atoms. The number of hydrogen-bond acceptors (Lipinski definition) is 5. The SMILES string of the molecule is CNCC(=O)OCc1cccnc1N(C)C(=O)O. The fourth-order valence-corrected chi connectivity index (χ4v) is 1.29. The molecule has 1 amide bonds. The molecule has 1 aromatic heterocycles. The number of anilines is 1. The van der Waals surface area contributed by atoms with Gasteiger partial charge in [0, 0.05) is 18.8 Å². The highest BCUT2D eigenvalue weighted by Gasteiger charge is 2.15. The Morgan fingerprint density at radius 2 is 2.28 bits per heavy atom. The van der Waals surface area contributed by atoms with Crippen molar-refractivity contribution in [2.24, 2.45) is 0 Å². The first-order valence-electron chi connectivity index (χ1n) is 5.27. The minimum absolute atomic E-state index is 0.0126. The first-order chi connectivity index (χ1) is 8.56. The standard InChI is InChI=1S/C11H15N3O4/c1-12-6-9(15)18-7-8-4-3-5-13-10(8)14(2)11(16)17/h3-5,12H,6-7H2,1-2H3,(H,16,17). The highest BCUT2D eigenvalue weighted by molar-refractivity contribution is 5.84. The Morgan fingerprint density at radius 3 is 2.89 bits per heavy atom. The van der Waals surface area contributed by atoms with Crippen molar-refractivity contribution in [3.8, 4) is 0 Å². The van der Waals surface area contributed by atoms with Crippen molar-refractivity contribution in [3.05, 3.63) is 23.9 Å². The van der Waals surface area contributed by atoms with Crippen LogP contribution in [0.1, 0.15) is 5.56 Å². The third-order valence-electron chi connectivity index (χ3n) is 2.18. The van der Waals surface area contributed by atoms with Crippen LogP contribution in [0.25, 0.3) is 0 Å². The Labute approximate surface area is 104 Å². The van der Waals surface area contributed by atoms with Crippen LogP contribution in [-0.4, -0.2) is 42.8 Å². The van der Waals surface area contributed by atoms with Crippen molar-refractivity contribution >= 4 is 17.9 Å². The van der Waals surface area contributed by atoms with Crippen molar-refractivity contribution in [2.75, 3.05) is 25.5 Å². The molecule has 0 aliphatic rings. The van der Waals surface area contributed by atoms with Gasteiger partial charge in [-0.1, -0.05) is 6.07 Å². The van der Waals surface area contributed by atoms with E-state index in [0.717, 1.165) is 4.90 Å². The number of esters is 1. The second-order valence-electron chi connectivity index (χ2n) is 3.52. The first-order valence-corrected chi connectivity index (χ1v) is 5.27. The molecule has 0 aliphatic carbocycles. The third-order valence-corrected chi connectivity index (χ3v) is 2.18. The molecule has 0 atom stereocenters. The van der Waals surface area contributed by atoms with Gasteiger partial charge < -0.3 is 15.2 Å². The zero-order chi connectivity index (χ0) is 13.5. The number of aromatic nitrogens is 1. The van der Waals surface area contributed by atoms with E-state index in [0.29, 0.717) is 5.56 Å². The lowest BCUT2D eigenvalue weighted by molar-refractivity contribution is -0.143. The molecule has 1 aromatic rings. The van der Waals surface area contributed by atoms with Crippen LogP contribution < -0.4 is 10.2 Å². The lowest BCUT2D eigenvalue weighted by atomic mass is 10.2. The molecular weight excluding hydrogens is 238 g/mol. The molecule has 1 heterocycles. The molecule has 0 saturated carbocycles. The summed E-state index contributed by atoms with van der Waals surface area (Å²) >= 11 is 0. The van der Waals surface area contributed by atoms with Crippen molar-refractivity contribution in [3.63, 3.8) is 0 Å². The monoisotopic (exact) mass is 253 g/mol. The molecular formula is C11H15N3O4. The van der Waals surface area contributed by atoms with Gasteiger partial charge in [0.1, 0.15) is 12.4 Å². The second kappa shape index (κ2) is 6.55. The van der Waals surface area contributed by atoms with Crippen LogP contribution in [0.15, 0.2) is 18.3 Å². The van der Waals surface area contributed by atoms with Gasteiger partial charge in [-0.2, -0.15) is 0 Å². The maximum absolute atomic E-state index is 11.2. The Morgan fingerprint density at radius 1 is 1.56 bits per heavy atom. The van der Waals surface area contributed by atoms with Crippen LogP contribution in [0.4, 0.5) is 10.6 Å². The summed E-state index contributed by atoms with van der Waals surface area (Å²) in [6.07, 6.45) is 0.352. The molecule has 98 valence electrons. The molecule has 0 aromatic carbocycles. The van der Waals surface area contributed by atoms with E-state index in [2.05, 4.69) is 10.3 Å². The third kappa shape index (κ3) is 3.70. The van der Waals surface area contributed by atoms with Gasteiger partial charge >= 0.3 is 12.1 Å². The Hall–Kier alpha value is -2.15. The van der Waals surface area contributed by atoms with Gasteiger partial charge in [0.15, 0.2) is 0 Å². The highest BCUT2D eigenvalue weighted by atomic mass is 16.5. The molecule has 2 N–H and O–H groups in total. The zero-order valence-corrected chi connectivity index (χ0v) is 10.2. The van der Waals surface area contributed by atoms with Crippen LogP contribution in [0.5, 0.6) is 0 Å². The van der Waals surface area contributed by atoms with E-state index in [1.807, 2.05) is 0 Å². The van der Waals surface area contributed by atoms with E-state index in [1.165, 1.54) is 13.2 Å². The van der Waals surface area contributed by atoms with Crippen molar-refractivity contribution in [1.82, 2.24) is 10.3 Å². The van der Waals surface area contributed by atoms with Crippen LogP contribution in [0.3, 0.4) is 0 Å². The van der Waals surface area contributed by atoms with Crippen LogP contribution in [-0.2, 0) is 16.1 Å². The number of ether oxygens (including phenoxy) is 1. The molecule has 0 saturated heterocycles. The maximum atomic E-state index is 11.2. The average Bonchev–Trinajstić information content (AvgIpc) is 2.36. The van der Waals surface area contributed by atoms with E-state index >= 15 is 0 Å². The number of nitrogens with one attached hydrogen (secondary N) is 1. The van der Waals surface area contributed by atoms with Crippen molar-refractivity contribution in [2.45, 2.75) is 6.61 Å². The van der Waals surface area contributed by atoms with E-state index in [-0.39, 0.29) is 19.0 Å². The van der Waals surface area contributed by atoms with Gasteiger partial charge in [0.2, 0.25) is 0 Å². The predicted molar refractivity (Wildman–Crippen MR) is 64.4 cm³/mol. The molecule has 0 unspecified atom stereocenters. The molecule has 7 nitrogen and oxygen atoms in total. The quantitative estimate of drug-likeness (QED) is 0.741. The molecule has 0 spiro atoms. The number of nitrogens with zero attached hydrogens (tertiary/aromatic N) is 2. The van der Waals surface area contributed by atoms with E-state index < -0.39 is 12.1 Å². The number of likely N-dealkylation sites (N-methyl/N-ethyl adjacent to an activating group) is 1. The Bertz CT molecular complexity index is 436. The summed E-state index contributed by atoms with van der Waals surface area (Å²) in [6, 6.07) is 3.31. The normalized spacial score (nSPS) is 9.89. The van der Waals surface area contributed by atoms with Crippen LogP contribution >= 0.6 is 0 Å². The number of rotatable bonds is 5. The van der Waals surface area contributed by atoms with Gasteiger partial charge in [-0.05, 0) is 13.1 Å². The summed E-state index contributed by atoms with van der Waals surface area (Å²) in [5.74, 6) is -0.160. The maximum Gasteiger partial charge on any atom is 0.412 e. The van der Waals surface area contributed by atoms with Crippen LogP contribution in [0, 0.1) is 0 Å². The van der Waals surface area contributed by atoms with E-state index in [9.17, 15) is 9.59 Å². The summed E-state index contributed by atoms with van der Waals surface area (Å²) in [7, 11) is 3.01. The highest BCUT2D eigenvalue weighted by Crippen LogP contribution is 2.16. The van der Waals surface area contributed by atoms with Crippen molar-refractivity contribution in [1.29, 1.82) is 0 Å². The van der Waals surface area contributed by atoms with Crippen LogP contribution in [0.2, 0.25) is 0 Å². The molecule has 0 fully saturated rings. The first kappa shape index (κ1) is 13.9. The van der Waals surface area contributed by atoms with Gasteiger partial charge in [-0.25, -0.2) is 9.78 Å². The zero-order valence-electron chi connectivity index (χ0n) is 10.2. The number of pyridine rings is 1. The topological polar surface area (TPSA) is 91.8 Å². The summed E-state index contributed by atoms with van der Waals surface area (Å²) in [4.78, 5) is 27.0. The average molecular weight is 253 g/mol. The number of hydrogen-bond donors (Lipinski definition) is 2. The smallest absolute Gasteiger partial charge is 0.412 e. The van der Waals surface area contributed by atoms with Gasteiger partial charge in [-0.15, -0.1) is 0 Å². The molecule has 1 rings (SSSR count). The fourth-order valence-electron chi connectivity index (χ4n) is 1.29. The van der Waals surface area contributed by atoms with Gasteiger partial charge in [0.25, 0.3) is 0 Å². The predicted octanol–water partition coefficient (Wildman–Crippen LogP) is 0.458. The lowest BCUT2D eigenvalue weighted by Crippen LogP contribution is -2.26. The summed E-state index contributed by atoms with van der Waals surface area (Å²) in [5.41, 5.74) is 0.534. The van der Waals surface area contributed by atoms with E-state index in [1.54, 1.807) is 19.2 Å². The minimum Gasteiger partial charge on any atom is -0.465 e. The molecule has 0 aliphatic heterocycles. The largest absolute Gasteiger partial charge is 0.465 e. The summed E-state index contributed by atoms with van der Waals surface area (Å²) in [5, 5.41) is 11.6. The van der Waals surface area contributed by atoms with Gasteiger partial charge in [-0.3, -0.25) is 9.69 Å². The number of amides is 1. The van der Waals surface area contributed by atoms with Gasteiger partial charge in [0.05, 0.1) is 6.54 Å². The molecule has 0 radical (unpaired) electrons. The second-order valence-corrected chi connectivity index (χ2v) is 3.52. The van der Waals surface area contributed by atoms with E-state index in [4.69, 9.17) is 9.84 Å². The lowest BCUT2D eigenvalue weighted by Gasteiger charge is -2.15. The number of carbonyl (C=O) groups is 2. The fraction of sp³-hybridized carbons (Fsp3) is 0.364. The minimum atomic E-state index is -1.13. The number of carboxylic acid groups (broad SMARTS) is 1. The molecule has 7 heteroatoms. The Balaban J connectivity index is 2.76. The number of carbonyl (C=O) groups excluding carboxylic acids is 1. The summed E-state index contributed by atoms with van der Waals surface area (Å²) in [6.45, 7) is 0.0890. The molecule has 18 heavy (non-hydrogen) atoms. The Kier molecular flexibility index (Phi) is 5.06.